The van der Waals surface area contributed by atoms with E-state index in [0.717, 1.165) is 17.7 Å². The fraction of sp³-hybridized carbons (Fsp3) is 0.286. The Kier molecular flexibility index (Phi) is 3.32. The molecule has 20 heavy (non-hydrogen) atoms. The number of hydrogen-bond acceptors (Lipinski definition) is 3. The maximum Gasteiger partial charge on any atom is 0.324 e. The Balaban J connectivity index is 1.78. The number of amides is 1. The zero-order chi connectivity index (χ0) is 14.1. The average molecular weight is 269 g/mol. The van der Waals surface area contributed by atoms with Crippen molar-refractivity contribution in [2.45, 2.75) is 26.9 Å². The van der Waals surface area contributed by atoms with E-state index in [0.29, 0.717) is 12.2 Å². The van der Waals surface area contributed by atoms with Crippen molar-refractivity contribution < 1.29 is 9.45 Å². The van der Waals surface area contributed by atoms with E-state index < -0.39 is 0 Å². The van der Waals surface area contributed by atoms with E-state index in [1.165, 1.54) is 5.56 Å². The Hall–Kier alpha value is -2.08. The molecule has 3 rings (SSSR count). The number of nitrogens with zero attached hydrogens (tertiary/aromatic N) is 2. The summed E-state index contributed by atoms with van der Waals surface area (Å²) in [6.45, 7) is 5.48. The minimum atomic E-state index is -0.142. The minimum Gasteiger partial charge on any atom is -0.427 e. The van der Waals surface area contributed by atoms with Crippen molar-refractivity contribution in [2.75, 3.05) is 5.32 Å². The molecule has 1 aromatic heterocycles. The number of nitrogens with one attached hydrogen (secondary N) is 1. The van der Waals surface area contributed by atoms with Gasteiger partial charge in [-0.3, -0.25) is 9.48 Å². The number of carbonyl (C=O) groups excluding carboxylic acids is 1. The summed E-state index contributed by atoms with van der Waals surface area (Å²) in [5.41, 5.74) is 3.69. The molecular formula is C14H16BN3O2. The lowest BCUT2D eigenvalue weighted by atomic mass is 9.64. The number of hydrogen-bond donors (Lipinski definition) is 1. The molecule has 0 saturated heterocycles. The molecule has 1 aliphatic heterocycles. The van der Waals surface area contributed by atoms with Crippen LogP contribution in [0.25, 0.3) is 0 Å². The van der Waals surface area contributed by atoms with E-state index in [1.807, 2.05) is 31.9 Å². The van der Waals surface area contributed by atoms with Gasteiger partial charge in [-0.15, -0.1) is 0 Å². The maximum atomic E-state index is 12.1. The van der Waals surface area contributed by atoms with Crippen molar-refractivity contribution in [3.63, 3.8) is 0 Å². The Labute approximate surface area is 118 Å². The van der Waals surface area contributed by atoms with Crippen LogP contribution >= 0.6 is 0 Å². The monoisotopic (exact) mass is 269 g/mol. The van der Waals surface area contributed by atoms with Crippen LogP contribution in [0.1, 0.15) is 22.8 Å². The molecule has 0 radical (unpaired) electrons. The summed E-state index contributed by atoms with van der Waals surface area (Å²) in [5, 5.41) is 7.00. The van der Waals surface area contributed by atoms with Crippen LogP contribution in [-0.2, 0) is 17.8 Å². The first-order chi connectivity index (χ1) is 9.67. The molecule has 5 nitrogen and oxygen atoms in total. The third-order valence-corrected chi connectivity index (χ3v) is 3.55. The molecule has 1 amide bonds. The van der Waals surface area contributed by atoms with Crippen LogP contribution in [0.15, 0.2) is 30.6 Å². The number of carbonyl (C=O) groups is 1. The van der Waals surface area contributed by atoms with Crippen LogP contribution in [0.4, 0.5) is 5.69 Å². The molecule has 0 atom stereocenters. The van der Waals surface area contributed by atoms with E-state index in [4.69, 9.17) is 4.65 Å². The largest absolute Gasteiger partial charge is 0.427 e. The van der Waals surface area contributed by atoms with Gasteiger partial charge in [-0.2, -0.15) is 5.10 Å². The third kappa shape index (κ3) is 2.34. The van der Waals surface area contributed by atoms with Crippen LogP contribution in [0.5, 0.6) is 0 Å². The zero-order valence-corrected chi connectivity index (χ0v) is 11.6. The molecule has 1 aliphatic rings. The number of benzene rings is 1. The predicted octanol–water partition coefficient (Wildman–Crippen LogP) is 1.51. The summed E-state index contributed by atoms with van der Waals surface area (Å²) in [4.78, 5) is 12.1. The molecule has 1 aromatic carbocycles. The van der Waals surface area contributed by atoms with Crippen molar-refractivity contribution in [1.82, 2.24) is 9.78 Å². The molecule has 0 unspecified atom stereocenters. The first-order valence-electron chi connectivity index (χ1n) is 6.75. The summed E-state index contributed by atoms with van der Waals surface area (Å²) < 4.78 is 7.29. The van der Waals surface area contributed by atoms with Crippen molar-refractivity contribution in [1.29, 1.82) is 0 Å². The SMILES string of the molecule is CCn1cc(C(=O)Nc2ccc3c(c2)B(C)OC3)cn1. The van der Waals surface area contributed by atoms with Gasteiger partial charge >= 0.3 is 6.92 Å². The van der Waals surface area contributed by atoms with Crippen LogP contribution < -0.4 is 10.8 Å². The van der Waals surface area contributed by atoms with E-state index in [9.17, 15) is 4.79 Å². The van der Waals surface area contributed by atoms with E-state index in [-0.39, 0.29) is 12.8 Å². The minimum absolute atomic E-state index is 0.0877. The van der Waals surface area contributed by atoms with Gasteiger partial charge in [-0.1, -0.05) is 12.9 Å². The van der Waals surface area contributed by atoms with Crippen LogP contribution in [-0.4, -0.2) is 22.6 Å². The summed E-state index contributed by atoms with van der Waals surface area (Å²) in [6.07, 6.45) is 3.33. The van der Waals surface area contributed by atoms with Gasteiger partial charge in [0, 0.05) is 18.4 Å². The molecular weight excluding hydrogens is 253 g/mol. The smallest absolute Gasteiger partial charge is 0.324 e. The summed E-state index contributed by atoms with van der Waals surface area (Å²) >= 11 is 0. The molecule has 0 fully saturated rings. The number of aromatic nitrogens is 2. The zero-order valence-electron chi connectivity index (χ0n) is 11.6. The second-order valence-electron chi connectivity index (χ2n) is 4.91. The normalized spacial score (nSPS) is 13.4. The molecule has 0 bridgehead atoms. The third-order valence-electron chi connectivity index (χ3n) is 3.55. The van der Waals surface area contributed by atoms with Gasteiger partial charge in [-0.05, 0) is 30.1 Å². The van der Waals surface area contributed by atoms with Crippen LogP contribution in [0, 0.1) is 0 Å². The molecule has 0 spiro atoms. The Morgan fingerprint density at radius 2 is 2.40 bits per heavy atom. The van der Waals surface area contributed by atoms with Gasteiger partial charge in [0.1, 0.15) is 0 Å². The number of rotatable bonds is 3. The van der Waals surface area contributed by atoms with Crippen molar-refractivity contribution >= 4 is 24.0 Å². The first kappa shape index (κ1) is 12.9. The molecule has 1 N–H and O–H groups in total. The summed E-state index contributed by atoms with van der Waals surface area (Å²) in [6, 6.07) is 5.89. The van der Waals surface area contributed by atoms with Crippen molar-refractivity contribution in [3.8, 4) is 0 Å². The maximum absolute atomic E-state index is 12.1. The molecule has 0 aliphatic carbocycles. The van der Waals surface area contributed by atoms with Crippen molar-refractivity contribution in [2.24, 2.45) is 0 Å². The molecule has 6 heteroatoms. The van der Waals surface area contributed by atoms with Crippen LogP contribution in [0.2, 0.25) is 6.82 Å². The second kappa shape index (κ2) is 5.13. The Morgan fingerprint density at radius 1 is 1.55 bits per heavy atom. The second-order valence-corrected chi connectivity index (χ2v) is 4.91. The molecule has 2 aromatic rings. The predicted molar refractivity (Wildman–Crippen MR) is 78.3 cm³/mol. The molecule has 0 saturated carbocycles. The highest BCUT2D eigenvalue weighted by atomic mass is 16.4. The lowest BCUT2D eigenvalue weighted by Crippen LogP contribution is -2.25. The van der Waals surface area contributed by atoms with Gasteiger partial charge in [0.15, 0.2) is 0 Å². The average Bonchev–Trinajstić information content (AvgIpc) is 3.06. The highest BCUT2D eigenvalue weighted by molar-refractivity contribution is 6.67. The van der Waals surface area contributed by atoms with Crippen LogP contribution in [0.3, 0.4) is 0 Å². The van der Waals surface area contributed by atoms with Gasteiger partial charge < -0.3 is 9.97 Å². The fourth-order valence-corrected chi connectivity index (χ4v) is 2.34. The lowest BCUT2D eigenvalue weighted by Gasteiger charge is -2.06. The highest BCUT2D eigenvalue weighted by Crippen LogP contribution is 2.16. The first-order valence-corrected chi connectivity index (χ1v) is 6.75. The van der Waals surface area contributed by atoms with Crippen molar-refractivity contribution in [3.05, 3.63) is 41.7 Å². The fourth-order valence-electron chi connectivity index (χ4n) is 2.34. The van der Waals surface area contributed by atoms with E-state index >= 15 is 0 Å². The topological polar surface area (TPSA) is 56.2 Å². The summed E-state index contributed by atoms with van der Waals surface area (Å²) in [5.74, 6) is -0.142. The van der Waals surface area contributed by atoms with Gasteiger partial charge in [0.2, 0.25) is 0 Å². The van der Waals surface area contributed by atoms with Gasteiger partial charge in [-0.25, -0.2) is 0 Å². The van der Waals surface area contributed by atoms with E-state index in [1.54, 1.807) is 17.1 Å². The van der Waals surface area contributed by atoms with E-state index in [2.05, 4.69) is 10.4 Å². The standard InChI is InChI=1S/C14H16BN3O2/c1-3-18-8-11(7-16-18)14(19)17-12-5-4-10-9-20-15(2)13(10)6-12/h4-8H,3,9H2,1-2H3,(H,17,19). The number of anilines is 1. The quantitative estimate of drug-likeness (QED) is 0.859. The highest BCUT2D eigenvalue weighted by Gasteiger charge is 2.23. The van der Waals surface area contributed by atoms with Gasteiger partial charge in [0.05, 0.1) is 18.4 Å². The Morgan fingerprint density at radius 3 is 3.15 bits per heavy atom. The molecule has 102 valence electrons. The number of aryl methyl sites for hydroxylation is 1. The summed E-state index contributed by atoms with van der Waals surface area (Å²) in [7, 11) is 0. The number of fused-ring (bicyclic) bond motifs is 1. The lowest BCUT2D eigenvalue weighted by molar-refractivity contribution is 0.102. The Bertz CT molecular complexity index is 654. The van der Waals surface area contributed by atoms with Gasteiger partial charge in [0.25, 0.3) is 5.91 Å². The molecule has 2 heterocycles.